The molecule has 3 rings (SSSR count). The van der Waals surface area contributed by atoms with E-state index >= 15 is 0 Å². The number of ether oxygens (including phenoxy) is 1. The molecule has 1 aliphatic rings. The van der Waals surface area contributed by atoms with Gasteiger partial charge in [0.2, 0.25) is 0 Å². The van der Waals surface area contributed by atoms with Crippen LogP contribution in [0.2, 0.25) is 0 Å². The molecule has 2 heterocycles. The number of likely N-dealkylation sites (tertiary alicyclic amines) is 1. The molecule has 1 saturated heterocycles. The molecule has 4 heteroatoms. The van der Waals surface area contributed by atoms with Gasteiger partial charge in [-0.3, -0.25) is 4.90 Å². The first-order valence-electron chi connectivity index (χ1n) is 6.94. The van der Waals surface area contributed by atoms with E-state index in [2.05, 4.69) is 34.1 Å². The van der Waals surface area contributed by atoms with Crippen molar-refractivity contribution in [2.75, 3.05) is 18.8 Å². The smallest absolute Gasteiger partial charge is 0.126 e. The van der Waals surface area contributed by atoms with Gasteiger partial charge in [0.1, 0.15) is 17.7 Å². The van der Waals surface area contributed by atoms with Gasteiger partial charge in [0, 0.05) is 31.9 Å². The standard InChI is InChI=1S/C16H19N3O/c17-16-10-14(6-8-18-16)20-15-7-9-19(12-15)11-13-4-2-1-3-5-13/h1-6,8,10,15H,7,9,11-12H2,(H2,17,18). The topological polar surface area (TPSA) is 51.4 Å². The zero-order chi connectivity index (χ0) is 13.8. The Kier molecular flexibility index (Phi) is 3.83. The minimum Gasteiger partial charge on any atom is -0.489 e. The fourth-order valence-electron chi connectivity index (χ4n) is 2.57. The van der Waals surface area contributed by atoms with E-state index in [0.717, 1.165) is 31.8 Å². The van der Waals surface area contributed by atoms with Gasteiger partial charge in [-0.1, -0.05) is 30.3 Å². The molecule has 0 amide bonds. The molecule has 1 unspecified atom stereocenters. The van der Waals surface area contributed by atoms with Gasteiger partial charge in [-0.15, -0.1) is 0 Å². The van der Waals surface area contributed by atoms with Crippen LogP contribution in [0.3, 0.4) is 0 Å². The molecule has 0 bridgehead atoms. The van der Waals surface area contributed by atoms with Crippen LogP contribution >= 0.6 is 0 Å². The van der Waals surface area contributed by atoms with Crippen molar-refractivity contribution in [3.63, 3.8) is 0 Å². The number of aromatic nitrogens is 1. The maximum Gasteiger partial charge on any atom is 0.126 e. The molecule has 104 valence electrons. The SMILES string of the molecule is Nc1cc(OC2CCN(Cc3ccccc3)C2)ccn1. The Morgan fingerprint density at radius 1 is 1.25 bits per heavy atom. The van der Waals surface area contributed by atoms with Gasteiger partial charge in [-0.2, -0.15) is 0 Å². The number of hydrogen-bond donors (Lipinski definition) is 1. The Bertz CT molecular complexity index is 559. The molecule has 0 spiro atoms. The first-order chi connectivity index (χ1) is 9.79. The molecule has 1 atom stereocenters. The average Bonchev–Trinajstić information content (AvgIpc) is 2.87. The Morgan fingerprint density at radius 2 is 2.10 bits per heavy atom. The molecule has 0 radical (unpaired) electrons. The van der Waals surface area contributed by atoms with Gasteiger partial charge in [0.05, 0.1) is 0 Å². The summed E-state index contributed by atoms with van der Waals surface area (Å²) in [6, 6.07) is 14.2. The van der Waals surface area contributed by atoms with Gasteiger partial charge in [0.15, 0.2) is 0 Å². The lowest BCUT2D eigenvalue weighted by molar-refractivity contribution is 0.198. The third-order valence-electron chi connectivity index (χ3n) is 3.53. The monoisotopic (exact) mass is 269 g/mol. The lowest BCUT2D eigenvalue weighted by Gasteiger charge is -2.17. The van der Waals surface area contributed by atoms with E-state index in [-0.39, 0.29) is 6.10 Å². The van der Waals surface area contributed by atoms with Crippen LogP contribution in [0.15, 0.2) is 48.7 Å². The maximum atomic E-state index is 5.96. The van der Waals surface area contributed by atoms with E-state index < -0.39 is 0 Å². The van der Waals surface area contributed by atoms with Crippen molar-refractivity contribution in [2.24, 2.45) is 0 Å². The number of hydrogen-bond acceptors (Lipinski definition) is 4. The second kappa shape index (κ2) is 5.92. The predicted molar refractivity (Wildman–Crippen MR) is 79.4 cm³/mol. The van der Waals surface area contributed by atoms with E-state index in [4.69, 9.17) is 10.5 Å². The fourth-order valence-corrected chi connectivity index (χ4v) is 2.57. The summed E-state index contributed by atoms with van der Waals surface area (Å²) in [4.78, 5) is 6.39. The Balaban J connectivity index is 1.54. The van der Waals surface area contributed by atoms with Gasteiger partial charge in [-0.05, 0) is 18.1 Å². The first kappa shape index (κ1) is 12.9. The van der Waals surface area contributed by atoms with Crippen molar-refractivity contribution in [3.05, 3.63) is 54.2 Å². The van der Waals surface area contributed by atoms with Crippen LogP contribution in [0, 0.1) is 0 Å². The maximum absolute atomic E-state index is 5.96. The summed E-state index contributed by atoms with van der Waals surface area (Å²) in [5.41, 5.74) is 7.01. The third-order valence-corrected chi connectivity index (χ3v) is 3.53. The van der Waals surface area contributed by atoms with Crippen LogP contribution in [0.4, 0.5) is 5.82 Å². The summed E-state index contributed by atoms with van der Waals surface area (Å²) in [7, 11) is 0. The Morgan fingerprint density at radius 3 is 2.90 bits per heavy atom. The number of nitrogens with zero attached hydrogens (tertiary/aromatic N) is 2. The number of nitrogen functional groups attached to an aromatic ring is 1. The molecule has 2 aromatic rings. The number of nitrogens with two attached hydrogens (primary N) is 1. The lowest BCUT2D eigenvalue weighted by Crippen LogP contribution is -2.24. The normalized spacial score (nSPS) is 19.1. The van der Waals surface area contributed by atoms with Gasteiger partial charge in [0.25, 0.3) is 0 Å². The number of rotatable bonds is 4. The molecule has 1 aromatic carbocycles. The highest BCUT2D eigenvalue weighted by Crippen LogP contribution is 2.20. The molecule has 1 fully saturated rings. The van der Waals surface area contributed by atoms with Crippen molar-refractivity contribution >= 4 is 5.82 Å². The van der Waals surface area contributed by atoms with Crippen LogP contribution in [0.25, 0.3) is 0 Å². The molecule has 20 heavy (non-hydrogen) atoms. The minimum absolute atomic E-state index is 0.237. The van der Waals surface area contributed by atoms with Gasteiger partial charge >= 0.3 is 0 Å². The van der Waals surface area contributed by atoms with E-state index in [1.807, 2.05) is 12.1 Å². The van der Waals surface area contributed by atoms with E-state index in [1.165, 1.54) is 5.56 Å². The zero-order valence-corrected chi connectivity index (χ0v) is 11.4. The van der Waals surface area contributed by atoms with Gasteiger partial charge in [-0.25, -0.2) is 4.98 Å². The number of pyridine rings is 1. The fraction of sp³-hybridized carbons (Fsp3) is 0.312. The van der Waals surface area contributed by atoms with E-state index in [0.29, 0.717) is 5.82 Å². The average molecular weight is 269 g/mol. The third kappa shape index (κ3) is 3.27. The highest BCUT2D eigenvalue weighted by Gasteiger charge is 2.23. The summed E-state index contributed by atoms with van der Waals surface area (Å²) in [5.74, 6) is 1.31. The van der Waals surface area contributed by atoms with Crippen LogP contribution in [-0.4, -0.2) is 29.1 Å². The van der Waals surface area contributed by atoms with Crippen LogP contribution in [0.5, 0.6) is 5.75 Å². The molecule has 4 nitrogen and oxygen atoms in total. The van der Waals surface area contributed by atoms with E-state index in [9.17, 15) is 0 Å². The van der Waals surface area contributed by atoms with Crippen molar-refractivity contribution < 1.29 is 4.74 Å². The summed E-state index contributed by atoms with van der Waals surface area (Å²) < 4.78 is 5.96. The van der Waals surface area contributed by atoms with Crippen molar-refractivity contribution in [3.8, 4) is 5.75 Å². The Labute approximate surface area is 119 Å². The van der Waals surface area contributed by atoms with Crippen LogP contribution < -0.4 is 10.5 Å². The zero-order valence-electron chi connectivity index (χ0n) is 11.4. The second-order valence-electron chi connectivity index (χ2n) is 5.17. The highest BCUT2D eigenvalue weighted by molar-refractivity contribution is 5.35. The lowest BCUT2D eigenvalue weighted by atomic mass is 10.2. The van der Waals surface area contributed by atoms with Crippen molar-refractivity contribution in [1.82, 2.24) is 9.88 Å². The first-order valence-corrected chi connectivity index (χ1v) is 6.94. The second-order valence-corrected chi connectivity index (χ2v) is 5.17. The molecular weight excluding hydrogens is 250 g/mol. The molecule has 1 aromatic heterocycles. The quantitative estimate of drug-likeness (QED) is 0.925. The summed E-state index contributed by atoms with van der Waals surface area (Å²) in [5, 5.41) is 0. The summed E-state index contributed by atoms with van der Waals surface area (Å²) in [6.45, 7) is 3.01. The van der Waals surface area contributed by atoms with E-state index in [1.54, 1.807) is 12.3 Å². The summed E-state index contributed by atoms with van der Waals surface area (Å²) >= 11 is 0. The largest absolute Gasteiger partial charge is 0.489 e. The Hall–Kier alpha value is -2.07. The molecule has 0 saturated carbocycles. The predicted octanol–water partition coefficient (Wildman–Crippen LogP) is 2.32. The van der Waals surface area contributed by atoms with Crippen molar-refractivity contribution in [2.45, 2.75) is 19.1 Å². The van der Waals surface area contributed by atoms with Crippen molar-refractivity contribution in [1.29, 1.82) is 0 Å². The van der Waals surface area contributed by atoms with Crippen LogP contribution in [0.1, 0.15) is 12.0 Å². The molecular formula is C16H19N3O. The number of anilines is 1. The highest BCUT2D eigenvalue weighted by atomic mass is 16.5. The molecule has 1 aliphatic heterocycles. The van der Waals surface area contributed by atoms with Crippen LogP contribution in [-0.2, 0) is 6.54 Å². The summed E-state index contributed by atoms with van der Waals surface area (Å²) in [6.07, 6.45) is 2.97. The minimum atomic E-state index is 0.237. The number of benzene rings is 1. The van der Waals surface area contributed by atoms with Gasteiger partial charge < -0.3 is 10.5 Å². The molecule has 0 aliphatic carbocycles. The molecule has 2 N–H and O–H groups in total.